The molecule has 2 rings (SSSR count). The highest BCUT2D eigenvalue weighted by Gasteiger charge is 2.29. The van der Waals surface area contributed by atoms with Crippen molar-refractivity contribution in [2.75, 3.05) is 6.54 Å². The second-order valence-corrected chi connectivity index (χ2v) is 4.88. The maximum Gasteiger partial charge on any atom is 0.416 e. The minimum atomic E-state index is -4.29. The first-order chi connectivity index (χ1) is 10.0. The number of alkyl halides is 3. The lowest BCUT2D eigenvalue weighted by molar-refractivity contribution is -0.137. The molecule has 0 fully saturated rings. The number of aromatic nitrogens is 2. The van der Waals surface area contributed by atoms with E-state index in [4.69, 9.17) is 0 Å². The Bertz CT molecular complexity index is 558. The molecule has 0 atom stereocenters. The number of nitrogens with zero attached hydrogens (tertiary/aromatic N) is 2. The highest BCUT2D eigenvalue weighted by molar-refractivity contribution is 5.25. The van der Waals surface area contributed by atoms with Crippen LogP contribution in [0.1, 0.15) is 30.2 Å². The highest BCUT2D eigenvalue weighted by Crippen LogP contribution is 2.29. The van der Waals surface area contributed by atoms with Crippen LogP contribution in [0.15, 0.2) is 36.8 Å². The van der Waals surface area contributed by atoms with Crippen LogP contribution >= 0.6 is 0 Å². The number of nitrogens with one attached hydrogen (secondary N) is 1. The first-order valence-corrected chi connectivity index (χ1v) is 6.86. The summed E-state index contributed by atoms with van der Waals surface area (Å²) in [6, 6.07) is 5.24. The smallest absolute Gasteiger partial charge is 0.329 e. The fourth-order valence-electron chi connectivity index (χ4n) is 2.03. The third-order valence-electron chi connectivity index (χ3n) is 3.17. The van der Waals surface area contributed by atoms with Gasteiger partial charge in [0, 0.05) is 19.3 Å². The van der Waals surface area contributed by atoms with E-state index in [-0.39, 0.29) is 0 Å². The van der Waals surface area contributed by atoms with Crippen molar-refractivity contribution in [2.24, 2.45) is 0 Å². The van der Waals surface area contributed by atoms with Crippen LogP contribution in [0.25, 0.3) is 0 Å². The molecular weight excluding hydrogens is 279 g/mol. The molecule has 6 heteroatoms. The summed E-state index contributed by atoms with van der Waals surface area (Å²) in [6.07, 6.45) is 0.225. The molecule has 1 aromatic carbocycles. The monoisotopic (exact) mass is 297 g/mol. The summed E-state index contributed by atoms with van der Waals surface area (Å²) in [6.45, 7) is 4.23. The van der Waals surface area contributed by atoms with Crippen LogP contribution in [0.5, 0.6) is 0 Å². The third kappa shape index (κ3) is 4.32. The van der Waals surface area contributed by atoms with Crippen LogP contribution in [0, 0.1) is 0 Å². The Morgan fingerprint density at radius 3 is 2.52 bits per heavy atom. The average Bonchev–Trinajstić information content (AvgIpc) is 2.86. The summed E-state index contributed by atoms with van der Waals surface area (Å²) in [7, 11) is 0. The Balaban J connectivity index is 2.03. The van der Waals surface area contributed by atoms with Crippen molar-refractivity contribution in [3.8, 4) is 0 Å². The number of imidazole rings is 1. The molecule has 114 valence electrons. The van der Waals surface area contributed by atoms with Gasteiger partial charge in [-0.3, -0.25) is 0 Å². The van der Waals surface area contributed by atoms with Gasteiger partial charge in [0.15, 0.2) is 0 Å². The molecule has 0 aliphatic heterocycles. The Hall–Kier alpha value is -1.82. The number of rotatable bonds is 6. The molecule has 0 bridgehead atoms. The van der Waals surface area contributed by atoms with Crippen LogP contribution < -0.4 is 5.32 Å². The van der Waals surface area contributed by atoms with E-state index < -0.39 is 11.7 Å². The molecule has 0 unspecified atom stereocenters. The first kappa shape index (κ1) is 15.6. The second kappa shape index (κ2) is 6.76. The molecule has 0 aliphatic rings. The zero-order valence-electron chi connectivity index (χ0n) is 11.8. The quantitative estimate of drug-likeness (QED) is 0.828. The van der Waals surface area contributed by atoms with Gasteiger partial charge < -0.3 is 9.88 Å². The molecule has 1 aromatic heterocycles. The first-order valence-electron chi connectivity index (χ1n) is 6.86. The van der Waals surface area contributed by atoms with Crippen LogP contribution in [-0.4, -0.2) is 16.1 Å². The molecule has 3 nitrogen and oxygen atoms in total. The molecule has 1 heterocycles. The SMILES string of the molecule is CCCNCc1cncn1Cc1ccc(C(F)(F)F)cc1. The van der Waals surface area contributed by atoms with E-state index in [9.17, 15) is 13.2 Å². The van der Waals surface area contributed by atoms with Gasteiger partial charge in [-0.25, -0.2) is 4.98 Å². The largest absolute Gasteiger partial charge is 0.416 e. The molecular formula is C15H18F3N3. The molecule has 0 spiro atoms. The molecule has 21 heavy (non-hydrogen) atoms. The van der Waals surface area contributed by atoms with E-state index in [1.807, 2.05) is 4.57 Å². The van der Waals surface area contributed by atoms with Gasteiger partial charge in [0.2, 0.25) is 0 Å². The Labute approximate surface area is 121 Å². The fraction of sp³-hybridized carbons (Fsp3) is 0.400. The third-order valence-corrected chi connectivity index (χ3v) is 3.17. The lowest BCUT2D eigenvalue weighted by Gasteiger charge is -2.10. The molecule has 0 saturated carbocycles. The van der Waals surface area contributed by atoms with Crippen molar-refractivity contribution in [1.29, 1.82) is 0 Å². The van der Waals surface area contributed by atoms with Crippen LogP contribution in [0.3, 0.4) is 0 Å². The normalized spacial score (nSPS) is 11.8. The number of benzene rings is 1. The zero-order valence-corrected chi connectivity index (χ0v) is 11.8. The van der Waals surface area contributed by atoms with Crippen LogP contribution in [0.2, 0.25) is 0 Å². The Kier molecular flexibility index (Phi) is 5.01. The zero-order chi connectivity index (χ0) is 15.3. The summed E-state index contributed by atoms with van der Waals surface area (Å²) in [4.78, 5) is 4.10. The molecule has 2 aromatic rings. The van der Waals surface area contributed by atoms with Gasteiger partial charge in [0.25, 0.3) is 0 Å². The van der Waals surface area contributed by atoms with E-state index in [1.54, 1.807) is 12.5 Å². The van der Waals surface area contributed by atoms with Crippen molar-refractivity contribution < 1.29 is 13.2 Å². The molecule has 1 N–H and O–H groups in total. The standard InChI is InChI=1S/C15H18F3N3/c1-2-7-19-8-14-9-20-11-21(14)10-12-3-5-13(6-4-12)15(16,17)18/h3-6,9,11,19H,2,7-8,10H2,1H3. The summed E-state index contributed by atoms with van der Waals surface area (Å²) in [5, 5.41) is 3.28. The maximum atomic E-state index is 12.5. The lowest BCUT2D eigenvalue weighted by atomic mass is 10.1. The lowest BCUT2D eigenvalue weighted by Crippen LogP contribution is -2.17. The fourth-order valence-corrected chi connectivity index (χ4v) is 2.03. The number of halogens is 3. The minimum Gasteiger partial charge on any atom is -0.329 e. The van der Waals surface area contributed by atoms with Gasteiger partial charge in [-0.1, -0.05) is 19.1 Å². The predicted octanol–water partition coefficient (Wildman–Crippen LogP) is 3.45. The van der Waals surface area contributed by atoms with Crippen molar-refractivity contribution >= 4 is 0 Å². The molecule has 0 amide bonds. The summed E-state index contributed by atoms with van der Waals surface area (Å²) < 4.78 is 39.5. The van der Waals surface area contributed by atoms with E-state index in [0.29, 0.717) is 13.1 Å². The van der Waals surface area contributed by atoms with E-state index in [1.165, 1.54) is 12.1 Å². The van der Waals surface area contributed by atoms with Gasteiger partial charge in [-0.15, -0.1) is 0 Å². The molecule has 0 saturated heterocycles. The van der Waals surface area contributed by atoms with Gasteiger partial charge in [0.1, 0.15) is 0 Å². The minimum absolute atomic E-state index is 0.515. The Morgan fingerprint density at radius 1 is 1.19 bits per heavy atom. The topological polar surface area (TPSA) is 29.9 Å². The van der Waals surface area contributed by atoms with Crippen molar-refractivity contribution in [2.45, 2.75) is 32.6 Å². The van der Waals surface area contributed by atoms with Crippen LogP contribution in [0.4, 0.5) is 13.2 Å². The molecule has 0 radical (unpaired) electrons. The summed E-state index contributed by atoms with van der Waals surface area (Å²) in [5.74, 6) is 0. The van der Waals surface area contributed by atoms with Crippen LogP contribution in [-0.2, 0) is 19.3 Å². The molecule has 0 aliphatic carbocycles. The maximum absolute atomic E-state index is 12.5. The number of hydrogen-bond acceptors (Lipinski definition) is 2. The highest BCUT2D eigenvalue weighted by atomic mass is 19.4. The van der Waals surface area contributed by atoms with Gasteiger partial charge >= 0.3 is 6.18 Å². The van der Waals surface area contributed by atoms with Crippen molar-refractivity contribution in [3.05, 3.63) is 53.6 Å². The Morgan fingerprint density at radius 2 is 1.90 bits per heavy atom. The van der Waals surface area contributed by atoms with Gasteiger partial charge in [0.05, 0.1) is 17.6 Å². The average molecular weight is 297 g/mol. The van der Waals surface area contributed by atoms with Gasteiger partial charge in [-0.2, -0.15) is 13.2 Å². The van der Waals surface area contributed by atoms with E-state index in [2.05, 4.69) is 17.2 Å². The summed E-state index contributed by atoms with van der Waals surface area (Å²) >= 11 is 0. The van der Waals surface area contributed by atoms with Crippen molar-refractivity contribution in [3.63, 3.8) is 0 Å². The van der Waals surface area contributed by atoms with Crippen molar-refractivity contribution in [1.82, 2.24) is 14.9 Å². The van der Waals surface area contributed by atoms with E-state index >= 15 is 0 Å². The summed E-state index contributed by atoms with van der Waals surface area (Å²) in [5.41, 5.74) is 1.21. The number of hydrogen-bond donors (Lipinski definition) is 1. The predicted molar refractivity (Wildman–Crippen MR) is 74.8 cm³/mol. The second-order valence-electron chi connectivity index (χ2n) is 4.88. The van der Waals surface area contributed by atoms with E-state index in [0.717, 1.165) is 36.4 Å². The van der Waals surface area contributed by atoms with Gasteiger partial charge in [-0.05, 0) is 30.7 Å².